The topological polar surface area (TPSA) is 142 Å². The molecule has 1 aliphatic rings. The highest BCUT2D eigenvalue weighted by Gasteiger charge is 2.45. The van der Waals surface area contributed by atoms with E-state index in [1.54, 1.807) is 0 Å². The Morgan fingerprint density at radius 2 is 2.41 bits per heavy atom. The highest BCUT2D eigenvalue weighted by Crippen LogP contribution is 2.32. The van der Waals surface area contributed by atoms with Crippen LogP contribution in [0.2, 0.25) is 0 Å². The number of aromatic amines is 1. The molecule has 1 aromatic heterocycles. The van der Waals surface area contributed by atoms with E-state index in [9.17, 15) is 20.3 Å². The summed E-state index contributed by atoms with van der Waals surface area (Å²) in [6, 6.07) is 0. The van der Waals surface area contributed by atoms with E-state index in [1.807, 2.05) is 0 Å². The van der Waals surface area contributed by atoms with E-state index in [4.69, 9.17) is 11.2 Å². The zero-order chi connectivity index (χ0) is 13.5. The van der Waals surface area contributed by atoms with Crippen LogP contribution in [0.5, 0.6) is 0 Å². The summed E-state index contributed by atoms with van der Waals surface area (Å²) in [5.74, 6) is -0.564. The quantitative estimate of drug-likeness (QED) is 0.374. The number of nitrogens with one attached hydrogen (secondary N) is 1. The zero-order valence-corrected chi connectivity index (χ0v) is 8.48. The van der Waals surface area contributed by atoms with Gasteiger partial charge in [-0.2, -0.15) is 0 Å². The number of ether oxygens (including phenoxy) is 1. The summed E-state index contributed by atoms with van der Waals surface area (Å²) in [5.41, 5.74) is -0.0887. The zero-order valence-electron chi connectivity index (χ0n) is 9.48. The van der Waals surface area contributed by atoms with Crippen LogP contribution < -0.4 is 0 Å². The number of H-pyrrole nitrogens is 1. The fourth-order valence-electron chi connectivity index (χ4n) is 1.58. The van der Waals surface area contributed by atoms with Crippen LogP contribution in [0, 0.1) is 10.1 Å². The molecule has 4 atom stereocenters. The lowest BCUT2D eigenvalue weighted by Gasteiger charge is -2.10. The molecule has 4 N–H and O–H groups in total. The Bertz CT molecular complexity index is 463. The van der Waals surface area contributed by atoms with E-state index in [1.165, 1.54) is 0 Å². The summed E-state index contributed by atoms with van der Waals surface area (Å²) in [5, 5.41) is 38.7. The number of nitro groups is 1. The van der Waals surface area contributed by atoms with Crippen molar-refractivity contribution in [2.75, 3.05) is 6.61 Å². The number of imidazole rings is 1. The summed E-state index contributed by atoms with van der Waals surface area (Å²) in [7, 11) is 0. The van der Waals surface area contributed by atoms with E-state index in [0.29, 0.717) is 0 Å². The largest absolute Gasteiger partial charge is 0.432 e. The van der Waals surface area contributed by atoms with Crippen LogP contribution in [-0.2, 0) is 4.74 Å². The average Bonchev–Trinajstić information content (AvgIpc) is 2.85. The molecule has 0 spiro atoms. The Balaban J connectivity index is 2.29. The van der Waals surface area contributed by atoms with Crippen LogP contribution in [-0.4, -0.2) is 55.1 Å². The maximum absolute atomic E-state index is 10.4. The Labute approximate surface area is 96.2 Å². The average molecular weight is 246 g/mol. The molecule has 0 amide bonds. The third-order valence-electron chi connectivity index (χ3n) is 2.44. The summed E-state index contributed by atoms with van der Waals surface area (Å²) >= 11 is 0. The van der Waals surface area contributed by atoms with Crippen molar-refractivity contribution in [2.45, 2.75) is 24.4 Å². The number of aliphatic hydroxyl groups excluding tert-OH is 2. The van der Waals surface area contributed by atoms with Gasteiger partial charge in [0.25, 0.3) is 0 Å². The highest BCUT2D eigenvalue weighted by molar-refractivity contribution is 5.16. The van der Waals surface area contributed by atoms with Gasteiger partial charge >= 0.3 is 5.95 Å². The first-order chi connectivity index (χ1) is 8.37. The maximum Gasteiger partial charge on any atom is 0.432 e. The van der Waals surface area contributed by atoms with Gasteiger partial charge in [0.15, 0.2) is 5.69 Å². The van der Waals surface area contributed by atoms with Gasteiger partial charge in [-0.05, 0) is 4.92 Å². The summed E-state index contributed by atoms with van der Waals surface area (Å²) in [4.78, 5) is 15.4. The second kappa shape index (κ2) is 4.37. The van der Waals surface area contributed by atoms with Gasteiger partial charge in [-0.15, -0.1) is 0 Å². The van der Waals surface area contributed by atoms with Crippen LogP contribution in [0.4, 0.5) is 5.95 Å². The van der Waals surface area contributed by atoms with Crippen LogP contribution in [0.1, 0.15) is 13.2 Å². The normalized spacial score (nSPS) is 38.1. The first-order valence-corrected chi connectivity index (χ1v) is 4.74. The molecule has 1 saturated heterocycles. The number of rotatable bonds is 3. The fourth-order valence-corrected chi connectivity index (χ4v) is 1.58. The molecule has 0 saturated carbocycles. The molecule has 17 heavy (non-hydrogen) atoms. The minimum Gasteiger partial charge on any atom is -0.394 e. The number of hydrogen-bond acceptors (Lipinski definition) is 7. The minimum atomic E-state index is -2.43. The van der Waals surface area contributed by atoms with Gasteiger partial charge < -0.3 is 30.2 Å². The van der Waals surface area contributed by atoms with Crippen LogP contribution in [0.15, 0.2) is 6.20 Å². The molecule has 9 heteroatoms. The first kappa shape index (κ1) is 10.6. The molecule has 9 nitrogen and oxygen atoms in total. The molecule has 1 fully saturated rings. The van der Waals surface area contributed by atoms with Gasteiger partial charge in [0.1, 0.15) is 30.6 Å². The maximum atomic E-state index is 10.4. The van der Waals surface area contributed by atoms with Gasteiger partial charge in [-0.25, -0.2) is 4.98 Å². The van der Waals surface area contributed by atoms with E-state index >= 15 is 0 Å². The highest BCUT2D eigenvalue weighted by atomic mass is 16.6. The van der Waals surface area contributed by atoms with Crippen molar-refractivity contribution in [3.05, 3.63) is 22.0 Å². The Kier molecular flexibility index (Phi) is 2.73. The minimum absolute atomic E-state index is 0.0887. The predicted molar refractivity (Wildman–Crippen MR) is 52.0 cm³/mol. The molecule has 0 radical (unpaired) electrons. The standard InChI is InChI=1S/C8H11N3O6/c12-2-4-5(13)6(14)7(17-4)3-1-9-8(10-3)11(15)16/h1,4-7,12-14H,2H2,(H,9,10)/t4-,5-,6-,7-/m1/s1/i6D. The monoisotopic (exact) mass is 246 g/mol. The van der Waals surface area contributed by atoms with E-state index in [0.717, 1.165) is 6.20 Å². The smallest absolute Gasteiger partial charge is 0.394 e. The molecular formula is C8H11N3O6. The van der Waals surface area contributed by atoms with Crippen LogP contribution >= 0.6 is 0 Å². The number of nitrogens with zero attached hydrogens (tertiary/aromatic N) is 2. The van der Waals surface area contributed by atoms with Crippen molar-refractivity contribution >= 4 is 5.95 Å². The van der Waals surface area contributed by atoms with Gasteiger partial charge in [-0.1, -0.05) is 4.98 Å². The van der Waals surface area contributed by atoms with Crippen LogP contribution in [0.25, 0.3) is 0 Å². The second-order valence-corrected chi connectivity index (χ2v) is 3.51. The second-order valence-electron chi connectivity index (χ2n) is 3.51. The molecule has 0 aliphatic carbocycles. The molecule has 1 aromatic rings. The Morgan fingerprint density at radius 3 is 2.88 bits per heavy atom. The lowest BCUT2D eigenvalue weighted by Crippen LogP contribution is -2.32. The number of aromatic nitrogens is 2. The summed E-state index contributed by atoms with van der Waals surface area (Å²) in [6.07, 6.45) is -5.49. The van der Waals surface area contributed by atoms with E-state index < -0.39 is 41.9 Å². The van der Waals surface area contributed by atoms with Crippen molar-refractivity contribution < 1.29 is 26.4 Å². The molecule has 2 heterocycles. The van der Waals surface area contributed by atoms with Crippen molar-refractivity contribution in [1.29, 1.82) is 0 Å². The summed E-state index contributed by atoms with van der Waals surface area (Å²) < 4.78 is 12.7. The van der Waals surface area contributed by atoms with Gasteiger partial charge in [0.05, 0.1) is 7.98 Å². The molecule has 1 aliphatic heterocycles. The Morgan fingerprint density at radius 1 is 1.71 bits per heavy atom. The van der Waals surface area contributed by atoms with Crippen LogP contribution in [0.3, 0.4) is 0 Å². The summed E-state index contributed by atoms with van der Waals surface area (Å²) in [6.45, 7) is -0.592. The van der Waals surface area contributed by atoms with Crippen molar-refractivity contribution in [1.82, 2.24) is 9.97 Å². The molecule has 0 aromatic carbocycles. The fraction of sp³-hybridized carbons (Fsp3) is 0.625. The Hall–Kier alpha value is -1.55. The predicted octanol–water partition coefficient (Wildman–Crippen LogP) is -1.53. The molecule has 2 rings (SSSR count). The number of hydrogen-bond donors (Lipinski definition) is 4. The van der Waals surface area contributed by atoms with E-state index in [-0.39, 0.29) is 5.69 Å². The van der Waals surface area contributed by atoms with Crippen molar-refractivity contribution in [3.8, 4) is 0 Å². The lowest BCUT2D eigenvalue weighted by atomic mass is 10.1. The molecule has 94 valence electrons. The lowest BCUT2D eigenvalue weighted by molar-refractivity contribution is -0.393. The third kappa shape index (κ3) is 2.00. The van der Waals surface area contributed by atoms with E-state index in [2.05, 4.69) is 9.97 Å². The van der Waals surface area contributed by atoms with Crippen molar-refractivity contribution in [2.24, 2.45) is 0 Å². The van der Waals surface area contributed by atoms with Gasteiger partial charge in [0, 0.05) is 0 Å². The molecular weight excluding hydrogens is 234 g/mol. The van der Waals surface area contributed by atoms with Gasteiger partial charge in [0.2, 0.25) is 0 Å². The molecule has 0 bridgehead atoms. The van der Waals surface area contributed by atoms with Crippen molar-refractivity contribution in [3.63, 3.8) is 0 Å². The molecule has 0 unspecified atom stereocenters. The first-order valence-electron chi connectivity index (χ1n) is 5.24. The van der Waals surface area contributed by atoms with Gasteiger partial charge in [-0.3, -0.25) is 0 Å². The number of aliphatic hydroxyl groups is 3. The SMILES string of the molecule is [2H][C@]1(O)[C@@H](c2c[nH]c([N+](=O)[O-])n2)O[C@H](CO)[C@H]1O. The third-order valence-corrected chi connectivity index (χ3v) is 2.44.